The zero-order valence-electron chi connectivity index (χ0n) is 23.5. The molecule has 4 aromatic rings. The Morgan fingerprint density at radius 3 is 2.58 bits per heavy atom. The van der Waals surface area contributed by atoms with Gasteiger partial charge in [0, 0.05) is 48.5 Å². The molecule has 0 fully saturated rings. The zero-order valence-corrected chi connectivity index (χ0v) is 23.5. The van der Waals surface area contributed by atoms with Gasteiger partial charge in [-0.3, -0.25) is 4.99 Å². The van der Waals surface area contributed by atoms with Crippen molar-refractivity contribution < 1.29 is 9.13 Å². The minimum Gasteiger partial charge on any atom is -0.491 e. The molecule has 0 saturated heterocycles. The fraction of sp³-hybridized carbons (Fsp3) is 0.303. The number of hydrogen-bond donors (Lipinski definition) is 1. The van der Waals surface area contributed by atoms with E-state index in [4.69, 9.17) is 19.7 Å². The predicted molar refractivity (Wildman–Crippen MR) is 160 cm³/mol. The summed E-state index contributed by atoms with van der Waals surface area (Å²) in [5.41, 5.74) is 11.0. The molecule has 2 aliphatic heterocycles. The molecule has 40 heavy (non-hydrogen) atoms. The summed E-state index contributed by atoms with van der Waals surface area (Å²) in [4.78, 5) is 16.8. The van der Waals surface area contributed by atoms with Crippen molar-refractivity contribution in [1.82, 2.24) is 9.97 Å². The Kier molecular flexibility index (Phi) is 6.96. The number of fused-ring (bicyclic) bond motifs is 2. The van der Waals surface area contributed by atoms with Gasteiger partial charge in [-0.05, 0) is 85.8 Å². The number of hydrogen-bond acceptors (Lipinski definition) is 6. The maximum Gasteiger partial charge on any atom is 0.224 e. The highest BCUT2D eigenvalue weighted by atomic mass is 19.1. The summed E-state index contributed by atoms with van der Waals surface area (Å²) in [6.45, 7) is 10.9. The lowest BCUT2D eigenvalue weighted by atomic mass is 9.97. The smallest absolute Gasteiger partial charge is 0.224 e. The van der Waals surface area contributed by atoms with Crippen molar-refractivity contribution in [3.8, 4) is 16.9 Å². The number of benzene rings is 3. The summed E-state index contributed by atoms with van der Waals surface area (Å²) in [7, 11) is 0. The van der Waals surface area contributed by atoms with Gasteiger partial charge in [0.05, 0.1) is 12.2 Å². The zero-order chi connectivity index (χ0) is 27.8. The minimum atomic E-state index is -0.239. The second-order valence-electron chi connectivity index (χ2n) is 10.7. The number of anilines is 2. The second-order valence-corrected chi connectivity index (χ2v) is 10.7. The van der Waals surface area contributed by atoms with Crippen LogP contribution in [0.4, 0.5) is 21.8 Å². The van der Waals surface area contributed by atoms with Crippen LogP contribution in [-0.2, 0) is 19.4 Å². The van der Waals surface area contributed by atoms with Crippen LogP contribution in [0.5, 0.6) is 5.75 Å². The van der Waals surface area contributed by atoms with E-state index in [0.29, 0.717) is 32.1 Å². The van der Waals surface area contributed by atoms with Gasteiger partial charge in [-0.15, -0.1) is 0 Å². The molecule has 0 atom stereocenters. The average Bonchev–Trinajstić information content (AvgIpc) is 3.16. The number of ether oxygens (including phenoxy) is 1. The molecule has 0 radical (unpaired) electrons. The van der Waals surface area contributed by atoms with E-state index in [1.165, 1.54) is 17.7 Å². The Morgan fingerprint density at radius 2 is 1.77 bits per heavy atom. The van der Waals surface area contributed by atoms with Crippen molar-refractivity contribution in [2.45, 2.75) is 47.1 Å². The maximum absolute atomic E-state index is 13.6. The first-order valence-corrected chi connectivity index (χ1v) is 13.9. The molecule has 0 amide bonds. The highest BCUT2D eigenvalue weighted by molar-refractivity contribution is 5.93. The lowest BCUT2D eigenvalue weighted by molar-refractivity contribution is 0.329. The van der Waals surface area contributed by atoms with Crippen molar-refractivity contribution in [3.63, 3.8) is 0 Å². The second kappa shape index (κ2) is 10.7. The molecule has 6 rings (SSSR count). The molecule has 0 unspecified atom stereocenters. The number of nitrogens with zero attached hydrogens (tertiary/aromatic N) is 4. The maximum atomic E-state index is 13.6. The Labute approximate surface area is 235 Å². The topological polar surface area (TPSA) is 62.6 Å². The first-order chi connectivity index (χ1) is 19.4. The van der Waals surface area contributed by atoms with Crippen LogP contribution in [-0.4, -0.2) is 35.4 Å². The fourth-order valence-electron chi connectivity index (χ4n) is 5.67. The molecule has 6 nitrogen and oxygen atoms in total. The number of nitrogens with one attached hydrogen (secondary N) is 1. The highest BCUT2D eigenvalue weighted by Crippen LogP contribution is 2.37. The third-order valence-corrected chi connectivity index (χ3v) is 7.62. The van der Waals surface area contributed by atoms with E-state index < -0.39 is 0 Å². The summed E-state index contributed by atoms with van der Waals surface area (Å²) in [5.74, 6) is 2.20. The number of rotatable bonds is 6. The first-order valence-electron chi connectivity index (χ1n) is 13.9. The van der Waals surface area contributed by atoms with Crippen LogP contribution in [0, 0.1) is 19.7 Å². The summed E-state index contributed by atoms with van der Waals surface area (Å²) >= 11 is 0. The SMILES string of the molecule is CCNc1nc(C)c(Cc2ccc(F)cc2)c(N2CCOc3c(C)cc(-c4ccc5c(c4)N=C(C)C5)cc3C2)n1. The number of aryl methyl sites for hydroxylation is 2. The van der Waals surface area contributed by atoms with Crippen LogP contribution < -0.4 is 15.0 Å². The van der Waals surface area contributed by atoms with Gasteiger partial charge < -0.3 is 15.0 Å². The summed E-state index contributed by atoms with van der Waals surface area (Å²) in [6.07, 6.45) is 1.54. The number of aliphatic imine (C=N–C) groups is 1. The Balaban J connectivity index is 1.39. The summed E-state index contributed by atoms with van der Waals surface area (Å²) in [6, 6.07) is 17.7. The van der Waals surface area contributed by atoms with E-state index in [9.17, 15) is 4.39 Å². The van der Waals surface area contributed by atoms with E-state index in [-0.39, 0.29) is 5.82 Å². The molecular formula is C33H34FN5O. The Bertz CT molecular complexity index is 1610. The highest BCUT2D eigenvalue weighted by Gasteiger charge is 2.24. The summed E-state index contributed by atoms with van der Waals surface area (Å²) < 4.78 is 19.9. The molecule has 0 spiro atoms. The predicted octanol–water partition coefficient (Wildman–Crippen LogP) is 6.97. The van der Waals surface area contributed by atoms with Gasteiger partial charge in [-0.2, -0.15) is 4.98 Å². The van der Waals surface area contributed by atoms with Crippen LogP contribution in [0.3, 0.4) is 0 Å². The van der Waals surface area contributed by atoms with Crippen LogP contribution in [0.1, 0.15) is 47.4 Å². The van der Waals surface area contributed by atoms with Gasteiger partial charge >= 0.3 is 0 Å². The van der Waals surface area contributed by atoms with Crippen LogP contribution >= 0.6 is 0 Å². The standard InChI is InChI=1S/C33H34FN5O/c1-5-35-33-37-22(4)29(16-23-6-10-28(34)11-7-23)32(38-33)39-12-13-40-31-20(2)14-26(17-27(31)19-39)24-8-9-25-15-21(3)36-30(25)18-24/h6-11,14,17-18H,5,12-13,15-16,19H2,1-4H3,(H,35,37,38). The first kappa shape index (κ1) is 26.0. The van der Waals surface area contributed by atoms with E-state index in [0.717, 1.165) is 75.0 Å². The van der Waals surface area contributed by atoms with Gasteiger partial charge in [-0.25, -0.2) is 9.37 Å². The van der Waals surface area contributed by atoms with Gasteiger partial charge in [0.15, 0.2) is 0 Å². The van der Waals surface area contributed by atoms with Crippen molar-refractivity contribution in [1.29, 1.82) is 0 Å². The molecule has 3 aromatic carbocycles. The molecule has 1 aromatic heterocycles. The number of halogens is 1. The molecule has 7 heteroatoms. The van der Waals surface area contributed by atoms with Crippen molar-refractivity contribution >= 4 is 23.2 Å². The molecular weight excluding hydrogens is 501 g/mol. The van der Waals surface area contributed by atoms with E-state index >= 15 is 0 Å². The average molecular weight is 536 g/mol. The van der Waals surface area contributed by atoms with E-state index in [1.54, 1.807) is 0 Å². The Morgan fingerprint density at radius 1 is 0.950 bits per heavy atom. The third-order valence-electron chi connectivity index (χ3n) is 7.62. The molecule has 1 N–H and O–H groups in total. The van der Waals surface area contributed by atoms with Gasteiger partial charge in [0.25, 0.3) is 0 Å². The van der Waals surface area contributed by atoms with E-state index in [1.807, 2.05) is 26.0 Å². The minimum absolute atomic E-state index is 0.239. The van der Waals surface area contributed by atoms with Gasteiger partial charge in [0.1, 0.15) is 24.0 Å². The molecule has 2 aliphatic rings. The third kappa shape index (κ3) is 5.16. The molecule has 0 bridgehead atoms. The largest absolute Gasteiger partial charge is 0.491 e. The van der Waals surface area contributed by atoms with Crippen LogP contribution in [0.2, 0.25) is 0 Å². The van der Waals surface area contributed by atoms with E-state index in [2.05, 4.69) is 54.4 Å². The normalized spacial score (nSPS) is 14.2. The number of aromatic nitrogens is 2. The molecule has 0 aliphatic carbocycles. The van der Waals surface area contributed by atoms with Gasteiger partial charge in [0.2, 0.25) is 5.95 Å². The van der Waals surface area contributed by atoms with Crippen LogP contribution in [0.15, 0.2) is 59.6 Å². The lowest BCUT2D eigenvalue weighted by Crippen LogP contribution is -2.28. The van der Waals surface area contributed by atoms with Crippen molar-refractivity contribution in [3.05, 3.63) is 93.9 Å². The van der Waals surface area contributed by atoms with Crippen molar-refractivity contribution in [2.75, 3.05) is 29.9 Å². The monoisotopic (exact) mass is 535 g/mol. The van der Waals surface area contributed by atoms with Crippen molar-refractivity contribution in [2.24, 2.45) is 4.99 Å². The fourth-order valence-corrected chi connectivity index (χ4v) is 5.67. The lowest BCUT2D eigenvalue weighted by Gasteiger charge is -2.25. The van der Waals surface area contributed by atoms with Gasteiger partial charge in [-0.1, -0.05) is 24.3 Å². The Hall–Kier alpha value is -4.26. The summed E-state index contributed by atoms with van der Waals surface area (Å²) in [5, 5.41) is 3.28. The molecule has 3 heterocycles. The molecule has 0 saturated carbocycles. The van der Waals surface area contributed by atoms with Crippen LogP contribution in [0.25, 0.3) is 11.1 Å². The quantitative estimate of drug-likeness (QED) is 0.289. The molecule has 204 valence electrons.